The highest BCUT2D eigenvalue weighted by atomic mass is 16.5. The molecule has 1 aliphatic rings. The van der Waals surface area contributed by atoms with E-state index in [1.54, 1.807) is 7.11 Å². The Morgan fingerprint density at radius 3 is 2.80 bits per heavy atom. The molecule has 2 heterocycles. The smallest absolute Gasteiger partial charge is 0.223 e. The minimum Gasteiger partial charge on any atom is -0.385 e. The highest BCUT2D eigenvalue weighted by Gasteiger charge is 2.27. The van der Waals surface area contributed by atoms with E-state index in [9.17, 15) is 4.79 Å². The van der Waals surface area contributed by atoms with Gasteiger partial charge >= 0.3 is 0 Å². The van der Waals surface area contributed by atoms with Crippen molar-refractivity contribution in [2.75, 3.05) is 38.3 Å². The Labute approximate surface area is 149 Å². The van der Waals surface area contributed by atoms with E-state index < -0.39 is 0 Å². The molecule has 0 aliphatic carbocycles. The van der Waals surface area contributed by atoms with Gasteiger partial charge < -0.3 is 19.5 Å². The van der Waals surface area contributed by atoms with Crippen molar-refractivity contribution in [3.8, 4) is 0 Å². The molecular formula is C19H28N4O2. The molecule has 0 atom stereocenters. The molecule has 25 heavy (non-hydrogen) atoms. The van der Waals surface area contributed by atoms with Crippen molar-refractivity contribution in [2.45, 2.75) is 32.7 Å². The Kier molecular flexibility index (Phi) is 5.91. The highest BCUT2D eigenvalue weighted by Crippen LogP contribution is 2.26. The molecule has 1 amide bonds. The van der Waals surface area contributed by atoms with E-state index in [4.69, 9.17) is 9.72 Å². The van der Waals surface area contributed by atoms with Gasteiger partial charge in [0.05, 0.1) is 11.0 Å². The maximum atomic E-state index is 12.3. The number of hydrogen-bond donors (Lipinski definition) is 1. The SMILES string of the molecule is CCn1c(N2CCC(C(=O)NCCCOC)CC2)nc2ccccc21. The summed E-state index contributed by atoms with van der Waals surface area (Å²) in [6.07, 6.45) is 2.62. The summed E-state index contributed by atoms with van der Waals surface area (Å²) in [5.41, 5.74) is 2.22. The number of ether oxygens (including phenoxy) is 1. The number of para-hydroxylation sites is 2. The zero-order valence-corrected chi connectivity index (χ0v) is 15.2. The van der Waals surface area contributed by atoms with E-state index in [0.29, 0.717) is 13.2 Å². The number of aryl methyl sites for hydroxylation is 1. The molecule has 1 aliphatic heterocycles. The monoisotopic (exact) mass is 344 g/mol. The third-order valence-corrected chi connectivity index (χ3v) is 4.92. The van der Waals surface area contributed by atoms with Gasteiger partial charge in [-0.3, -0.25) is 4.79 Å². The Morgan fingerprint density at radius 2 is 2.08 bits per heavy atom. The van der Waals surface area contributed by atoms with Crippen LogP contribution in [0, 0.1) is 5.92 Å². The summed E-state index contributed by atoms with van der Waals surface area (Å²) in [4.78, 5) is 19.4. The first-order valence-electron chi connectivity index (χ1n) is 9.21. The van der Waals surface area contributed by atoms with E-state index in [0.717, 1.165) is 50.4 Å². The van der Waals surface area contributed by atoms with Gasteiger partial charge in [0.25, 0.3) is 0 Å². The molecule has 0 spiro atoms. The molecule has 1 aromatic heterocycles. The zero-order chi connectivity index (χ0) is 17.6. The topological polar surface area (TPSA) is 59.4 Å². The fourth-order valence-electron chi connectivity index (χ4n) is 3.53. The number of aromatic nitrogens is 2. The number of anilines is 1. The van der Waals surface area contributed by atoms with Gasteiger partial charge in [0, 0.05) is 45.8 Å². The van der Waals surface area contributed by atoms with Crippen LogP contribution in [0.4, 0.5) is 5.95 Å². The van der Waals surface area contributed by atoms with Gasteiger partial charge in [-0.2, -0.15) is 0 Å². The number of hydrogen-bond acceptors (Lipinski definition) is 4. The van der Waals surface area contributed by atoms with Crippen LogP contribution < -0.4 is 10.2 Å². The Morgan fingerprint density at radius 1 is 1.32 bits per heavy atom. The van der Waals surface area contributed by atoms with E-state index in [2.05, 4.69) is 39.9 Å². The van der Waals surface area contributed by atoms with Crippen molar-refractivity contribution in [1.82, 2.24) is 14.9 Å². The average molecular weight is 344 g/mol. The number of carbonyl (C=O) groups excluding carboxylic acids is 1. The molecule has 6 nitrogen and oxygen atoms in total. The van der Waals surface area contributed by atoms with Crippen molar-refractivity contribution in [3.05, 3.63) is 24.3 Å². The summed E-state index contributed by atoms with van der Waals surface area (Å²) in [6, 6.07) is 8.26. The van der Waals surface area contributed by atoms with Crippen LogP contribution in [0.5, 0.6) is 0 Å². The Balaban J connectivity index is 1.60. The average Bonchev–Trinajstić information content (AvgIpc) is 3.04. The first kappa shape index (κ1) is 17.7. The Bertz CT molecular complexity index is 705. The molecule has 1 saturated heterocycles. The number of benzene rings is 1. The fourth-order valence-corrected chi connectivity index (χ4v) is 3.53. The second-order valence-electron chi connectivity index (χ2n) is 6.54. The van der Waals surface area contributed by atoms with Gasteiger partial charge in [0.1, 0.15) is 0 Å². The lowest BCUT2D eigenvalue weighted by molar-refractivity contribution is -0.125. The van der Waals surface area contributed by atoms with Gasteiger partial charge in [-0.1, -0.05) is 12.1 Å². The molecule has 1 N–H and O–H groups in total. The normalized spacial score (nSPS) is 15.7. The summed E-state index contributed by atoms with van der Waals surface area (Å²) >= 11 is 0. The summed E-state index contributed by atoms with van der Waals surface area (Å²) in [6.45, 7) is 6.18. The standard InChI is InChI=1S/C19H28N4O2/c1-3-23-17-8-5-4-7-16(17)21-19(23)22-12-9-15(10-13-22)18(24)20-11-6-14-25-2/h4-5,7-8,15H,3,6,9-14H2,1-2H3,(H,20,24). The van der Waals surface area contributed by atoms with E-state index in [-0.39, 0.29) is 11.8 Å². The number of methoxy groups -OCH3 is 1. The first-order chi connectivity index (χ1) is 12.2. The highest BCUT2D eigenvalue weighted by molar-refractivity contribution is 5.80. The predicted molar refractivity (Wildman–Crippen MR) is 99.8 cm³/mol. The summed E-state index contributed by atoms with van der Waals surface area (Å²) in [5, 5.41) is 3.03. The quantitative estimate of drug-likeness (QED) is 0.784. The van der Waals surface area contributed by atoms with Crippen LogP contribution in [0.2, 0.25) is 0 Å². The lowest BCUT2D eigenvalue weighted by atomic mass is 9.96. The van der Waals surface area contributed by atoms with Crippen LogP contribution in [-0.4, -0.2) is 48.8 Å². The third-order valence-electron chi connectivity index (χ3n) is 4.92. The van der Waals surface area contributed by atoms with Gasteiger partial charge in [-0.05, 0) is 38.3 Å². The summed E-state index contributed by atoms with van der Waals surface area (Å²) in [7, 11) is 1.68. The Hall–Kier alpha value is -2.08. The van der Waals surface area contributed by atoms with Crippen LogP contribution in [0.25, 0.3) is 11.0 Å². The van der Waals surface area contributed by atoms with Gasteiger partial charge in [-0.25, -0.2) is 4.98 Å². The first-order valence-corrected chi connectivity index (χ1v) is 9.21. The second-order valence-corrected chi connectivity index (χ2v) is 6.54. The lowest BCUT2D eigenvalue weighted by Gasteiger charge is -2.32. The molecule has 0 unspecified atom stereocenters. The molecule has 0 saturated carbocycles. The molecule has 1 fully saturated rings. The minimum atomic E-state index is 0.109. The van der Waals surface area contributed by atoms with Gasteiger partial charge in [0.15, 0.2) is 0 Å². The number of carbonyl (C=O) groups is 1. The molecule has 136 valence electrons. The zero-order valence-electron chi connectivity index (χ0n) is 15.2. The van der Waals surface area contributed by atoms with Crippen LogP contribution in [0.3, 0.4) is 0 Å². The van der Waals surface area contributed by atoms with E-state index >= 15 is 0 Å². The van der Waals surface area contributed by atoms with Crippen molar-refractivity contribution in [3.63, 3.8) is 0 Å². The number of imidazole rings is 1. The molecule has 6 heteroatoms. The summed E-state index contributed by atoms with van der Waals surface area (Å²) < 4.78 is 7.28. The number of piperidine rings is 1. The van der Waals surface area contributed by atoms with Crippen molar-refractivity contribution in [1.29, 1.82) is 0 Å². The largest absolute Gasteiger partial charge is 0.385 e. The van der Waals surface area contributed by atoms with Crippen molar-refractivity contribution < 1.29 is 9.53 Å². The number of amides is 1. The number of nitrogens with zero attached hydrogens (tertiary/aromatic N) is 3. The molecule has 3 rings (SSSR count). The predicted octanol–water partition coefficient (Wildman–Crippen LogP) is 2.43. The molecule has 0 bridgehead atoms. The van der Waals surface area contributed by atoms with E-state index in [1.165, 1.54) is 5.52 Å². The maximum Gasteiger partial charge on any atom is 0.223 e. The van der Waals surface area contributed by atoms with Crippen LogP contribution in [0.1, 0.15) is 26.2 Å². The number of rotatable bonds is 7. The summed E-state index contributed by atoms with van der Waals surface area (Å²) in [5.74, 6) is 1.32. The van der Waals surface area contributed by atoms with Gasteiger partial charge in [-0.15, -0.1) is 0 Å². The van der Waals surface area contributed by atoms with E-state index in [1.807, 2.05) is 6.07 Å². The fraction of sp³-hybridized carbons (Fsp3) is 0.579. The number of nitrogens with one attached hydrogen (secondary N) is 1. The minimum absolute atomic E-state index is 0.109. The molecule has 1 aromatic carbocycles. The van der Waals surface area contributed by atoms with Crippen LogP contribution in [-0.2, 0) is 16.1 Å². The lowest BCUT2D eigenvalue weighted by Crippen LogP contribution is -2.41. The van der Waals surface area contributed by atoms with Crippen LogP contribution >= 0.6 is 0 Å². The molecule has 0 radical (unpaired) electrons. The van der Waals surface area contributed by atoms with Crippen LogP contribution in [0.15, 0.2) is 24.3 Å². The maximum absolute atomic E-state index is 12.3. The van der Waals surface area contributed by atoms with Crippen molar-refractivity contribution >= 4 is 22.9 Å². The molecular weight excluding hydrogens is 316 g/mol. The number of fused-ring (bicyclic) bond motifs is 1. The van der Waals surface area contributed by atoms with Crippen molar-refractivity contribution in [2.24, 2.45) is 5.92 Å². The molecule has 2 aromatic rings. The second kappa shape index (κ2) is 8.34. The van der Waals surface area contributed by atoms with Gasteiger partial charge in [0.2, 0.25) is 11.9 Å². The third kappa shape index (κ3) is 3.95.